The van der Waals surface area contributed by atoms with Gasteiger partial charge in [-0.05, 0) is 37.3 Å². The highest BCUT2D eigenvalue weighted by molar-refractivity contribution is 6.31. The van der Waals surface area contributed by atoms with Crippen molar-refractivity contribution < 1.29 is 14.3 Å². The third kappa shape index (κ3) is 4.24. The number of carbonyl (C=O) groups excluding carboxylic acids is 1. The Morgan fingerprint density at radius 3 is 2.88 bits per heavy atom. The molecule has 0 radical (unpaired) electrons. The molecule has 1 N–H and O–H groups in total. The Balaban J connectivity index is 1.85. The second-order valence-corrected chi connectivity index (χ2v) is 8.53. The molecule has 1 aromatic carbocycles. The molecule has 4 nitrogen and oxygen atoms in total. The van der Waals surface area contributed by atoms with Gasteiger partial charge in [-0.1, -0.05) is 43.1 Å². The first-order valence-corrected chi connectivity index (χ1v) is 10.0. The van der Waals surface area contributed by atoms with Gasteiger partial charge in [0.1, 0.15) is 0 Å². The van der Waals surface area contributed by atoms with Crippen LogP contribution in [0.3, 0.4) is 0 Å². The number of methoxy groups -OCH3 is 1. The van der Waals surface area contributed by atoms with Crippen molar-refractivity contribution in [1.82, 2.24) is 5.32 Å². The van der Waals surface area contributed by atoms with Gasteiger partial charge < -0.3 is 14.8 Å². The average Bonchev–Trinajstić information content (AvgIpc) is 2.59. The molecule has 1 saturated heterocycles. The molecule has 2 aliphatic rings. The van der Waals surface area contributed by atoms with Gasteiger partial charge in [0.15, 0.2) is 0 Å². The SMILES string of the molecule is COCCC(=O)N[C@]1(C)C[C@H](c2ccccc2Cl)O[C@@H]2C[C@H](C)CC[C@H]21. The fourth-order valence-corrected chi connectivity index (χ4v) is 4.90. The van der Waals surface area contributed by atoms with E-state index in [2.05, 4.69) is 19.2 Å². The zero-order valence-electron chi connectivity index (χ0n) is 16.0. The van der Waals surface area contributed by atoms with E-state index >= 15 is 0 Å². The first kappa shape index (κ1) is 19.7. The zero-order chi connectivity index (χ0) is 18.7. The molecule has 0 unspecified atom stereocenters. The highest BCUT2D eigenvalue weighted by Crippen LogP contribution is 2.48. The number of benzene rings is 1. The number of carbonyl (C=O) groups is 1. The molecular weight excluding hydrogens is 350 g/mol. The largest absolute Gasteiger partial charge is 0.384 e. The van der Waals surface area contributed by atoms with E-state index in [4.69, 9.17) is 21.1 Å². The number of ether oxygens (including phenoxy) is 2. The summed E-state index contributed by atoms with van der Waals surface area (Å²) in [6.07, 6.45) is 4.49. The third-order valence-corrected chi connectivity index (χ3v) is 6.38. The molecule has 2 fully saturated rings. The lowest BCUT2D eigenvalue weighted by Crippen LogP contribution is -2.60. The van der Waals surface area contributed by atoms with Gasteiger partial charge in [0.2, 0.25) is 5.91 Å². The third-order valence-electron chi connectivity index (χ3n) is 6.03. The minimum atomic E-state index is -0.294. The monoisotopic (exact) mass is 379 g/mol. The van der Waals surface area contributed by atoms with E-state index in [1.54, 1.807) is 7.11 Å². The minimum absolute atomic E-state index is 0.0477. The Morgan fingerprint density at radius 2 is 2.15 bits per heavy atom. The van der Waals surface area contributed by atoms with Crippen LogP contribution in [0.4, 0.5) is 0 Å². The van der Waals surface area contributed by atoms with Gasteiger partial charge in [0, 0.05) is 36.4 Å². The molecule has 0 aromatic heterocycles. The number of nitrogens with one attached hydrogen (secondary N) is 1. The van der Waals surface area contributed by atoms with Crippen molar-refractivity contribution in [3.05, 3.63) is 34.9 Å². The number of hydrogen-bond donors (Lipinski definition) is 1. The lowest BCUT2D eigenvalue weighted by Gasteiger charge is -2.52. The van der Waals surface area contributed by atoms with Gasteiger partial charge in [-0.15, -0.1) is 0 Å². The zero-order valence-corrected chi connectivity index (χ0v) is 16.7. The van der Waals surface area contributed by atoms with Crippen molar-refractivity contribution in [2.75, 3.05) is 13.7 Å². The van der Waals surface area contributed by atoms with E-state index in [1.807, 2.05) is 24.3 Å². The van der Waals surface area contributed by atoms with E-state index < -0.39 is 0 Å². The summed E-state index contributed by atoms with van der Waals surface area (Å²) in [6.45, 7) is 4.91. The Labute approximate surface area is 161 Å². The lowest BCUT2D eigenvalue weighted by molar-refractivity contribution is -0.154. The molecule has 144 valence electrons. The molecule has 0 bridgehead atoms. The summed E-state index contributed by atoms with van der Waals surface area (Å²) < 4.78 is 11.6. The summed E-state index contributed by atoms with van der Waals surface area (Å²) in [5, 5.41) is 4.05. The number of rotatable bonds is 5. The van der Waals surface area contributed by atoms with E-state index in [9.17, 15) is 4.79 Å². The van der Waals surface area contributed by atoms with Crippen LogP contribution >= 0.6 is 11.6 Å². The van der Waals surface area contributed by atoms with Crippen LogP contribution in [0, 0.1) is 11.8 Å². The van der Waals surface area contributed by atoms with Crippen molar-refractivity contribution in [3.8, 4) is 0 Å². The fourth-order valence-electron chi connectivity index (χ4n) is 4.64. The summed E-state index contributed by atoms with van der Waals surface area (Å²) in [7, 11) is 1.62. The van der Waals surface area contributed by atoms with Crippen LogP contribution in [0.2, 0.25) is 5.02 Å². The first-order chi connectivity index (χ1) is 12.4. The van der Waals surface area contributed by atoms with Crippen LogP contribution in [-0.2, 0) is 14.3 Å². The predicted octanol–water partition coefficient (Wildman–Crippen LogP) is 4.52. The van der Waals surface area contributed by atoms with Crippen LogP contribution in [0.15, 0.2) is 24.3 Å². The molecule has 5 heteroatoms. The standard InChI is InChI=1S/C21H30ClNO3/c1-14-8-9-16-18(12-14)26-19(15-6-4-5-7-17(15)22)13-21(16,2)23-20(24)10-11-25-3/h4-7,14,16,18-19H,8-13H2,1-3H3,(H,23,24)/t14-,16-,18-,19-,21-/m1/s1. The van der Waals surface area contributed by atoms with Crippen LogP contribution in [0.5, 0.6) is 0 Å². The Morgan fingerprint density at radius 1 is 1.38 bits per heavy atom. The Kier molecular flexibility index (Phi) is 6.26. The molecular formula is C21H30ClNO3. The van der Waals surface area contributed by atoms with Gasteiger partial charge in [0.25, 0.3) is 0 Å². The van der Waals surface area contributed by atoms with Crippen molar-refractivity contribution in [1.29, 1.82) is 0 Å². The minimum Gasteiger partial charge on any atom is -0.384 e. The van der Waals surface area contributed by atoms with Gasteiger partial charge >= 0.3 is 0 Å². The molecule has 1 saturated carbocycles. The van der Waals surface area contributed by atoms with E-state index in [1.165, 1.54) is 6.42 Å². The number of halogens is 1. The lowest BCUT2D eigenvalue weighted by atomic mass is 9.66. The first-order valence-electron chi connectivity index (χ1n) is 9.63. The Bertz CT molecular complexity index is 637. The molecule has 1 aliphatic carbocycles. The maximum atomic E-state index is 12.5. The molecule has 1 aromatic rings. The maximum Gasteiger partial charge on any atom is 0.222 e. The van der Waals surface area contributed by atoms with Crippen molar-refractivity contribution in [3.63, 3.8) is 0 Å². The normalized spacial score (nSPS) is 34.2. The highest BCUT2D eigenvalue weighted by atomic mass is 35.5. The molecule has 1 amide bonds. The van der Waals surface area contributed by atoms with Crippen LogP contribution in [0.25, 0.3) is 0 Å². The molecule has 1 heterocycles. The van der Waals surface area contributed by atoms with Crippen molar-refractivity contribution >= 4 is 17.5 Å². The van der Waals surface area contributed by atoms with Crippen LogP contribution in [0.1, 0.15) is 57.6 Å². The predicted molar refractivity (Wildman–Crippen MR) is 103 cm³/mol. The van der Waals surface area contributed by atoms with Crippen molar-refractivity contribution in [2.24, 2.45) is 11.8 Å². The summed E-state index contributed by atoms with van der Waals surface area (Å²) in [5.41, 5.74) is 0.723. The molecule has 26 heavy (non-hydrogen) atoms. The van der Waals surface area contributed by atoms with Gasteiger partial charge in [-0.2, -0.15) is 0 Å². The van der Waals surface area contributed by atoms with E-state index in [-0.39, 0.29) is 23.7 Å². The van der Waals surface area contributed by atoms with E-state index in [0.29, 0.717) is 24.9 Å². The number of fused-ring (bicyclic) bond motifs is 1. The van der Waals surface area contributed by atoms with Crippen molar-refractivity contribution in [2.45, 2.75) is 63.7 Å². The molecule has 1 aliphatic heterocycles. The smallest absolute Gasteiger partial charge is 0.222 e. The van der Waals surface area contributed by atoms with Crippen LogP contribution in [-0.4, -0.2) is 31.3 Å². The molecule has 0 spiro atoms. The van der Waals surface area contributed by atoms with Gasteiger partial charge in [-0.25, -0.2) is 0 Å². The number of hydrogen-bond acceptors (Lipinski definition) is 3. The quantitative estimate of drug-likeness (QED) is 0.818. The second-order valence-electron chi connectivity index (χ2n) is 8.12. The fraction of sp³-hybridized carbons (Fsp3) is 0.667. The molecule has 3 rings (SSSR count). The average molecular weight is 380 g/mol. The second kappa shape index (κ2) is 8.28. The van der Waals surface area contributed by atoms with Gasteiger partial charge in [-0.3, -0.25) is 4.79 Å². The summed E-state index contributed by atoms with van der Waals surface area (Å²) >= 11 is 6.44. The maximum absolute atomic E-state index is 12.5. The van der Waals surface area contributed by atoms with E-state index in [0.717, 1.165) is 29.8 Å². The Hall–Kier alpha value is -1.10. The van der Waals surface area contributed by atoms with Gasteiger partial charge in [0.05, 0.1) is 18.8 Å². The molecule has 5 atom stereocenters. The van der Waals surface area contributed by atoms with Crippen LogP contribution < -0.4 is 5.32 Å². The summed E-state index contributed by atoms with van der Waals surface area (Å²) in [6, 6.07) is 7.87. The summed E-state index contributed by atoms with van der Waals surface area (Å²) in [5.74, 6) is 1.03. The number of amides is 1. The summed E-state index contributed by atoms with van der Waals surface area (Å²) in [4.78, 5) is 12.5. The highest BCUT2D eigenvalue weighted by Gasteiger charge is 2.49. The topological polar surface area (TPSA) is 47.6 Å².